The van der Waals surface area contributed by atoms with Crippen LogP contribution in [0, 0.1) is 6.92 Å². The van der Waals surface area contributed by atoms with Gasteiger partial charge in [-0.3, -0.25) is 9.48 Å². The standard InChI is InChI=1S/C22H27N9O4/c1-6-31-12(2)14(9-25-31)16-26-15-17(29(16)5)23-11-24-18(15)34-13-7-8-30(10-13)20(32)19-27-21(28-35-19)22(3,4)33/h9,11,13,33H,6-8,10H2,1-5H3. The number of carbonyl (C=O) groups excluding carboxylic acids is 1. The first-order valence-electron chi connectivity index (χ1n) is 11.4. The lowest BCUT2D eigenvalue weighted by atomic mass is 10.1. The highest BCUT2D eigenvalue weighted by Gasteiger charge is 2.33. The molecule has 0 aromatic carbocycles. The number of aliphatic hydroxyl groups is 1. The van der Waals surface area contributed by atoms with Crippen LogP contribution in [0.4, 0.5) is 0 Å². The minimum absolute atomic E-state index is 0.0573. The molecule has 13 heteroatoms. The van der Waals surface area contributed by atoms with Crippen molar-refractivity contribution in [2.24, 2.45) is 7.05 Å². The maximum Gasteiger partial charge on any atom is 0.316 e. The number of amides is 1. The van der Waals surface area contributed by atoms with Crippen molar-refractivity contribution >= 4 is 17.1 Å². The predicted octanol–water partition coefficient (Wildman–Crippen LogP) is 1.46. The summed E-state index contributed by atoms with van der Waals surface area (Å²) >= 11 is 0. The molecule has 35 heavy (non-hydrogen) atoms. The van der Waals surface area contributed by atoms with Gasteiger partial charge >= 0.3 is 11.8 Å². The number of imidazole rings is 1. The number of aryl methyl sites for hydroxylation is 2. The summed E-state index contributed by atoms with van der Waals surface area (Å²) in [5.74, 6) is 0.575. The van der Waals surface area contributed by atoms with Gasteiger partial charge in [0.15, 0.2) is 11.2 Å². The summed E-state index contributed by atoms with van der Waals surface area (Å²) in [5.41, 5.74) is 1.82. The molecular weight excluding hydrogens is 454 g/mol. The second-order valence-electron chi connectivity index (χ2n) is 9.07. The van der Waals surface area contributed by atoms with Gasteiger partial charge in [-0.1, -0.05) is 5.16 Å². The summed E-state index contributed by atoms with van der Waals surface area (Å²) < 4.78 is 15.0. The van der Waals surface area contributed by atoms with Gasteiger partial charge in [-0.2, -0.15) is 15.1 Å². The van der Waals surface area contributed by atoms with E-state index in [2.05, 4.69) is 25.2 Å². The van der Waals surface area contributed by atoms with Crippen LogP contribution < -0.4 is 4.74 Å². The summed E-state index contributed by atoms with van der Waals surface area (Å²) in [6.45, 7) is 8.64. The first-order chi connectivity index (χ1) is 16.7. The normalized spacial score (nSPS) is 16.4. The van der Waals surface area contributed by atoms with E-state index in [-0.39, 0.29) is 17.8 Å². The molecule has 1 fully saturated rings. The number of fused-ring (bicyclic) bond motifs is 1. The van der Waals surface area contributed by atoms with Crippen molar-refractivity contribution in [3.8, 4) is 17.3 Å². The van der Waals surface area contributed by atoms with E-state index in [0.29, 0.717) is 36.6 Å². The summed E-state index contributed by atoms with van der Waals surface area (Å²) in [5, 5.41) is 18.1. The third-order valence-electron chi connectivity index (χ3n) is 6.13. The monoisotopic (exact) mass is 481 g/mol. The van der Waals surface area contributed by atoms with Crippen molar-refractivity contribution in [1.29, 1.82) is 0 Å². The minimum Gasteiger partial charge on any atom is -0.471 e. The van der Waals surface area contributed by atoms with Crippen LogP contribution in [-0.4, -0.2) is 74.5 Å². The zero-order chi connectivity index (χ0) is 24.9. The van der Waals surface area contributed by atoms with Crippen molar-refractivity contribution < 1.29 is 19.2 Å². The topological polar surface area (TPSA) is 150 Å². The molecule has 0 spiro atoms. The SMILES string of the molecule is CCn1ncc(-c2nc3c(OC4CCN(C(=O)c5nc(C(C)(C)O)no5)C4)ncnc3n2C)c1C. The van der Waals surface area contributed by atoms with Crippen LogP contribution >= 0.6 is 0 Å². The Bertz CT molecular complexity index is 1400. The Labute approximate surface area is 200 Å². The van der Waals surface area contributed by atoms with Gasteiger partial charge in [0, 0.05) is 32.3 Å². The van der Waals surface area contributed by atoms with E-state index in [4.69, 9.17) is 14.2 Å². The van der Waals surface area contributed by atoms with E-state index >= 15 is 0 Å². The van der Waals surface area contributed by atoms with E-state index < -0.39 is 11.5 Å². The Hall–Kier alpha value is -3.87. The molecule has 0 bridgehead atoms. The molecule has 0 radical (unpaired) electrons. The number of likely N-dealkylation sites (tertiary alicyclic amines) is 1. The summed E-state index contributed by atoms with van der Waals surface area (Å²) in [4.78, 5) is 31.9. The lowest BCUT2D eigenvalue weighted by molar-refractivity contribution is 0.0657. The number of rotatable bonds is 6. The molecule has 5 rings (SSSR count). The second-order valence-corrected chi connectivity index (χ2v) is 9.07. The Morgan fingerprint density at radius 2 is 2.11 bits per heavy atom. The first-order valence-corrected chi connectivity index (χ1v) is 11.4. The van der Waals surface area contributed by atoms with E-state index in [1.54, 1.807) is 11.1 Å². The van der Waals surface area contributed by atoms with Gasteiger partial charge in [-0.15, -0.1) is 0 Å². The Balaban J connectivity index is 1.35. The molecule has 1 unspecified atom stereocenters. The number of hydrogen-bond acceptors (Lipinski definition) is 10. The predicted molar refractivity (Wildman–Crippen MR) is 122 cm³/mol. The first kappa shape index (κ1) is 22.9. The van der Waals surface area contributed by atoms with Crippen molar-refractivity contribution in [3.63, 3.8) is 0 Å². The fourth-order valence-electron chi connectivity index (χ4n) is 4.15. The van der Waals surface area contributed by atoms with Gasteiger partial charge in [-0.05, 0) is 27.7 Å². The molecule has 0 aliphatic carbocycles. The van der Waals surface area contributed by atoms with E-state index in [1.807, 2.05) is 30.1 Å². The van der Waals surface area contributed by atoms with Crippen LogP contribution in [0.15, 0.2) is 17.0 Å². The number of hydrogen-bond donors (Lipinski definition) is 1. The van der Waals surface area contributed by atoms with Crippen LogP contribution in [-0.2, 0) is 19.2 Å². The highest BCUT2D eigenvalue weighted by molar-refractivity contribution is 5.89. The Kier molecular flexibility index (Phi) is 5.50. The molecule has 0 saturated carbocycles. The molecule has 1 saturated heterocycles. The molecule has 1 atom stereocenters. The van der Waals surface area contributed by atoms with Crippen molar-refractivity contribution in [2.45, 2.75) is 52.4 Å². The molecule has 1 N–H and O–H groups in total. The van der Waals surface area contributed by atoms with Crippen molar-refractivity contribution in [3.05, 3.63) is 29.9 Å². The molecule has 1 aliphatic heterocycles. The lowest BCUT2D eigenvalue weighted by Crippen LogP contribution is -2.31. The molecule has 4 aromatic heterocycles. The third kappa shape index (κ3) is 4.01. The minimum atomic E-state index is -1.30. The quantitative estimate of drug-likeness (QED) is 0.429. The second kappa shape index (κ2) is 8.41. The van der Waals surface area contributed by atoms with Gasteiger partial charge in [0.1, 0.15) is 23.9 Å². The van der Waals surface area contributed by atoms with Gasteiger partial charge in [0.25, 0.3) is 0 Å². The highest BCUT2D eigenvalue weighted by atomic mass is 16.5. The molecule has 4 aromatic rings. The zero-order valence-electron chi connectivity index (χ0n) is 20.3. The lowest BCUT2D eigenvalue weighted by Gasteiger charge is -2.15. The summed E-state index contributed by atoms with van der Waals surface area (Å²) in [6.07, 6.45) is 3.56. The summed E-state index contributed by atoms with van der Waals surface area (Å²) in [6, 6.07) is 0. The Morgan fingerprint density at radius 1 is 1.31 bits per heavy atom. The highest BCUT2D eigenvalue weighted by Crippen LogP contribution is 2.30. The number of carbonyl (C=O) groups is 1. The van der Waals surface area contributed by atoms with Crippen molar-refractivity contribution in [1.82, 2.24) is 44.3 Å². The fraction of sp³-hybridized carbons (Fsp3) is 0.500. The molecule has 13 nitrogen and oxygen atoms in total. The van der Waals surface area contributed by atoms with Crippen LogP contribution in [0.25, 0.3) is 22.6 Å². The molecular formula is C22H27N9O4. The van der Waals surface area contributed by atoms with Crippen LogP contribution in [0.3, 0.4) is 0 Å². The Morgan fingerprint density at radius 3 is 2.80 bits per heavy atom. The molecule has 1 amide bonds. The summed E-state index contributed by atoms with van der Waals surface area (Å²) in [7, 11) is 1.90. The van der Waals surface area contributed by atoms with E-state index in [1.165, 1.54) is 20.2 Å². The largest absolute Gasteiger partial charge is 0.471 e. The average molecular weight is 482 g/mol. The maximum absolute atomic E-state index is 12.8. The number of aromatic nitrogens is 8. The van der Waals surface area contributed by atoms with Gasteiger partial charge in [0.2, 0.25) is 11.7 Å². The maximum atomic E-state index is 12.8. The number of nitrogens with zero attached hydrogens (tertiary/aromatic N) is 9. The molecule has 1 aliphatic rings. The van der Waals surface area contributed by atoms with Gasteiger partial charge < -0.3 is 23.8 Å². The molecule has 184 valence electrons. The van der Waals surface area contributed by atoms with Gasteiger partial charge in [0.05, 0.1) is 18.3 Å². The van der Waals surface area contributed by atoms with Crippen LogP contribution in [0.2, 0.25) is 0 Å². The van der Waals surface area contributed by atoms with E-state index in [0.717, 1.165) is 23.6 Å². The van der Waals surface area contributed by atoms with Crippen molar-refractivity contribution in [2.75, 3.05) is 13.1 Å². The van der Waals surface area contributed by atoms with Crippen LogP contribution in [0.1, 0.15) is 49.4 Å². The fourth-order valence-corrected chi connectivity index (χ4v) is 4.15. The smallest absolute Gasteiger partial charge is 0.316 e. The average Bonchev–Trinajstić information content (AvgIpc) is 3.60. The van der Waals surface area contributed by atoms with Crippen LogP contribution in [0.5, 0.6) is 5.88 Å². The third-order valence-corrected chi connectivity index (χ3v) is 6.13. The molecule has 5 heterocycles. The van der Waals surface area contributed by atoms with Gasteiger partial charge in [-0.25, -0.2) is 9.97 Å². The zero-order valence-corrected chi connectivity index (χ0v) is 20.3. The number of ether oxygens (including phenoxy) is 1. The van der Waals surface area contributed by atoms with E-state index in [9.17, 15) is 9.90 Å².